The summed E-state index contributed by atoms with van der Waals surface area (Å²) in [7, 11) is 0. The summed E-state index contributed by atoms with van der Waals surface area (Å²) < 4.78 is 11.5. The van der Waals surface area contributed by atoms with E-state index in [4.69, 9.17) is 15.9 Å². The van der Waals surface area contributed by atoms with Crippen LogP contribution in [0.25, 0.3) is 22.3 Å². The van der Waals surface area contributed by atoms with Crippen LogP contribution in [0, 0.1) is 12.3 Å². The van der Waals surface area contributed by atoms with Gasteiger partial charge in [-0.15, -0.1) is 12.3 Å². The molecule has 0 spiro atoms. The lowest BCUT2D eigenvalue weighted by Gasteiger charge is -2.09. The Morgan fingerprint density at radius 1 is 0.581 bits per heavy atom. The Labute approximate surface area is 187 Å². The van der Waals surface area contributed by atoms with E-state index in [0.717, 1.165) is 50.4 Å². The minimum atomic E-state index is 0.755. The lowest BCUT2D eigenvalue weighted by molar-refractivity contribution is 0.305. The molecule has 31 heavy (non-hydrogen) atoms. The van der Waals surface area contributed by atoms with Gasteiger partial charge in [0.25, 0.3) is 0 Å². The molecular formula is C29H32O2. The van der Waals surface area contributed by atoms with Gasteiger partial charge in [-0.1, -0.05) is 68.3 Å². The van der Waals surface area contributed by atoms with Gasteiger partial charge in [0.2, 0.25) is 0 Å². The van der Waals surface area contributed by atoms with E-state index >= 15 is 0 Å². The van der Waals surface area contributed by atoms with Gasteiger partial charge < -0.3 is 9.47 Å². The Morgan fingerprint density at radius 2 is 1.00 bits per heavy atom. The van der Waals surface area contributed by atoms with E-state index in [1.165, 1.54) is 35.1 Å². The van der Waals surface area contributed by atoms with Gasteiger partial charge in [-0.25, -0.2) is 0 Å². The van der Waals surface area contributed by atoms with E-state index in [1.54, 1.807) is 0 Å². The molecule has 0 radical (unpaired) electrons. The molecule has 0 aliphatic carbocycles. The van der Waals surface area contributed by atoms with Gasteiger partial charge in [0.15, 0.2) is 0 Å². The third-order valence-corrected chi connectivity index (χ3v) is 5.22. The zero-order chi connectivity index (χ0) is 21.7. The third kappa shape index (κ3) is 7.23. The van der Waals surface area contributed by atoms with Crippen LogP contribution in [0.2, 0.25) is 0 Å². The largest absolute Gasteiger partial charge is 0.494 e. The topological polar surface area (TPSA) is 18.5 Å². The second-order valence-electron chi connectivity index (χ2n) is 7.69. The van der Waals surface area contributed by atoms with Crippen molar-refractivity contribution in [1.29, 1.82) is 0 Å². The molecule has 160 valence electrons. The fraction of sp³-hybridized carbons (Fsp3) is 0.310. The summed E-state index contributed by atoms with van der Waals surface area (Å²) in [5.41, 5.74) is 4.79. The smallest absolute Gasteiger partial charge is 0.119 e. The Hall–Kier alpha value is -3.18. The highest BCUT2D eigenvalue weighted by Crippen LogP contribution is 2.27. The van der Waals surface area contributed by atoms with Gasteiger partial charge in [0.05, 0.1) is 13.2 Å². The second-order valence-corrected chi connectivity index (χ2v) is 7.69. The van der Waals surface area contributed by atoms with E-state index in [9.17, 15) is 0 Å². The van der Waals surface area contributed by atoms with E-state index in [-0.39, 0.29) is 0 Å². The summed E-state index contributed by atoms with van der Waals surface area (Å²) in [6, 6.07) is 25.3. The van der Waals surface area contributed by atoms with Crippen molar-refractivity contribution in [2.24, 2.45) is 0 Å². The maximum absolute atomic E-state index is 5.86. The van der Waals surface area contributed by atoms with Gasteiger partial charge >= 0.3 is 0 Å². The van der Waals surface area contributed by atoms with Crippen LogP contribution in [0.15, 0.2) is 72.8 Å². The molecule has 3 rings (SSSR count). The standard InChI is InChI=1S/C29H32O2/c1-3-5-6-7-8-9-23-31-29-20-16-27(17-21-29)25-12-10-24(11-13-25)26-14-18-28(19-15-26)30-22-4-2/h1,10-21H,4-9,22-23H2,2H3. The first-order valence-electron chi connectivity index (χ1n) is 11.3. The number of benzene rings is 3. The molecular weight excluding hydrogens is 380 g/mol. The van der Waals surface area contributed by atoms with Crippen LogP contribution in [0.4, 0.5) is 0 Å². The second kappa shape index (κ2) is 12.5. The summed E-state index contributed by atoms with van der Waals surface area (Å²) in [6.07, 6.45) is 11.7. The first-order valence-corrected chi connectivity index (χ1v) is 11.3. The Bertz CT molecular complexity index is 932. The Morgan fingerprint density at radius 3 is 1.45 bits per heavy atom. The highest BCUT2D eigenvalue weighted by molar-refractivity contribution is 5.71. The average Bonchev–Trinajstić information content (AvgIpc) is 2.83. The predicted octanol–water partition coefficient (Wildman–Crippen LogP) is 7.77. The van der Waals surface area contributed by atoms with Crippen molar-refractivity contribution in [3.05, 3.63) is 72.8 Å². The molecule has 0 bridgehead atoms. The number of hydrogen-bond acceptors (Lipinski definition) is 2. The summed E-state index contributed by atoms with van der Waals surface area (Å²) >= 11 is 0. The van der Waals surface area contributed by atoms with Crippen LogP contribution in [0.3, 0.4) is 0 Å². The highest BCUT2D eigenvalue weighted by atomic mass is 16.5. The maximum Gasteiger partial charge on any atom is 0.119 e. The van der Waals surface area contributed by atoms with Gasteiger partial charge in [0, 0.05) is 6.42 Å². The predicted molar refractivity (Wildman–Crippen MR) is 131 cm³/mol. The zero-order valence-corrected chi connectivity index (χ0v) is 18.5. The minimum absolute atomic E-state index is 0.755. The quantitative estimate of drug-likeness (QED) is 0.223. The van der Waals surface area contributed by atoms with Crippen LogP contribution >= 0.6 is 0 Å². The normalized spacial score (nSPS) is 10.5. The third-order valence-electron chi connectivity index (χ3n) is 5.22. The number of hydrogen-bond donors (Lipinski definition) is 0. The van der Waals surface area contributed by atoms with Crippen molar-refractivity contribution < 1.29 is 9.47 Å². The molecule has 3 aromatic carbocycles. The molecule has 3 aromatic rings. The molecule has 0 saturated carbocycles. The number of rotatable bonds is 12. The highest BCUT2D eigenvalue weighted by Gasteiger charge is 2.02. The molecule has 2 nitrogen and oxygen atoms in total. The van der Waals surface area contributed by atoms with E-state index in [0.29, 0.717) is 0 Å². The lowest BCUT2D eigenvalue weighted by atomic mass is 10.0. The zero-order valence-electron chi connectivity index (χ0n) is 18.5. The fourth-order valence-electron chi connectivity index (χ4n) is 3.43. The number of ether oxygens (including phenoxy) is 2. The average molecular weight is 413 g/mol. The molecule has 0 fully saturated rings. The summed E-state index contributed by atoms with van der Waals surface area (Å²) in [4.78, 5) is 0. The Kier molecular flexibility index (Phi) is 9.07. The first-order chi connectivity index (χ1) is 15.3. The van der Waals surface area contributed by atoms with E-state index in [2.05, 4.69) is 73.5 Å². The molecule has 0 saturated heterocycles. The first kappa shape index (κ1) is 22.5. The van der Waals surface area contributed by atoms with Gasteiger partial charge in [0.1, 0.15) is 11.5 Å². The van der Waals surface area contributed by atoms with E-state index in [1.807, 2.05) is 12.1 Å². The molecule has 0 unspecified atom stereocenters. The molecule has 0 aliphatic heterocycles. The monoisotopic (exact) mass is 412 g/mol. The van der Waals surface area contributed by atoms with Crippen molar-refractivity contribution in [1.82, 2.24) is 0 Å². The lowest BCUT2D eigenvalue weighted by Crippen LogP contribution is -1.97. The minimum Gasteiger partial charge on any atom is -0.494 e. The van der Waals surface area contributed by atoms with Crippen molar-refractivity contribution >= 4 is 0 Å². The van der Waals surface area contributed by atoms with Crippen LogP contribution in [-0.4, -0.2) is 13.2 Å². The molecule has 0 atom stereocenters. The molecule has 0 amide bonds. The molecule has 0 heterocycles. The van der Waals surface area contributed by atoms with Gasteiger partial charge in [-0.3, -0.25) is 0 Å². The Balaban J connectivity index is 1.51. The number of unbranched alkanes of at least 4 members (excludes halogenated alkanes) is 4. The molecule has 0 aliphatic rings. The summed E-state index contributed by atoms with van der Waals surface area (Å²) in [5.74, 6) is 4.54. The molecule has 2 heteroatoms. The SMILES string of the molecule is C#CCCCCCCOc1ccc(-c2ccc(-c3ccc(OCCC)cc3)cc2)cc1. The van der Waals surface area contributed by atoms with Crippen molar-refractivity contribution in [3.8, 4) is 46.1 Å². The summed E-state index contributed by atoms with van der Waals surface area (Å²) in [6.45, 7) is 3.62. The van der Waals surface area contributed by atoms with Gasteiger partial charge in [-0.05, 0) is 65.8 Å². The van der Waals surface area contributed by atoms with Gasteiger partial charge in [-0.2, -0.15) is 0 Å². The van der Waals surface area contributed by atoms with Crippen molar-refractivity contribution in [2.45, 2.75) is 45.4 Å². The van der Waals surface area contributed by atoms with Crippen molar-refractivity contribution in [2.75, 3.05) is 13.2 Å². The summed E-state index contributed by atoms with van der Waals surface area (Å²) in [5, 5.41) is 0. The van der Waals surface area contributed by atoms with E-state index < -0.39 is 0 Å². The van der Waals surface area contributed by atoms with Crippen molar-refractivity contribution in [3.63, 3.8) is 0 Å². The van der Waals surface area contributed by atoms with Crippen LogP contribution < -0.4 is 9.47 Å². The fourth-order valence-corrected chi connectivity index (χ4v) is 3.43. The van der Waals surface area contributed by atoms with Crippen LogP contribution in [0.1, 0.15) is 45.4 Å². The number of terminal acetylenes is 1. The van der Waals surface area contributed by atoms with Crippen LogP contribution in [-0.2, 0) is 0 Å². The molecule has 0 N–H and O–H groups in total. The van der Waals surface area contributed by atoms with Crippen LogP contribution in [0.5, 0.6) is 11.5 Å². The maximum atomic E-state index is 5.86. The molecule has 0 aromatic heterocycles.